The number of ether oxygens (including phenoxy) is 1. The van der Waals surface area contributed by atoms with Crippen molar-refractivity contribution >= 4 is 35.2 Å². The molecule has 0 radical (unpaired) electrons. The molecule has 42 heavy (non-hydrogen) atoms. The van der Waals surface area contributed by atoms with E-state index in [2.05, 4.69) is 0 Å². The number of carboxylic acids is 2. The second-order valence-corrected chi connectivity index (χ2v) is 7.89. The topological polar surface area (TPSA) is 227 Å². The number of halogens is 6. The number of amidine groups is 2. The molecule has 1 atom stereocenters. The van der Waals surface area contributed by atoms with Crippen molar-refractivity contribution < 1.29 is 55.7 Å². The Morgan fingerprint density at radius 3 is 1.60 bits per heavy atom. The van der Waals surface area contributed by atoms with Crippen molar-refractivity contribution in [3.8, 4) is 0 Å². The Labute approximate surface area is 234 Å². The molecule has 2 aromatic carbocycles. The third-order valence-corrected chi connectivity index (χ3v) is 4.87. The fourth-order valence-corrected chi connectivity index (χ4v) is 2.83. The van der Waals surface area contributed by atoms with E-state index in [1.54, 1.807) is 56.3 Å². The molecule has 2 rings (SSSR count). The lowest BCUT2D eigenvalue weighted by molar-refractivity contribution is -0.193. The summed E-state index contributed by atoms with van der Waals surface area (Å²) in [5.41, 5.74) is 20.9. The first kappa shape index (κ1) is 37.1. The normalized spacial score (nSPS) is 12.2. The van der Waals surface area contributed by atoms with Crippen LogP contribution in [-0.2, 0) is 19.1 Å². The van der Waals surface area contributed by atoms with Crippen molar-refractivity contribution in [2.45, 2.75) is 32.2 Å². The van der Waals surface area contributed by atoms with Gasteiger partial charge in [0.1, 0.15) is 11.7 Å². The van der Waals surface area contributed by atoms with Crippen molar-refractivity contribution in [1.82, 2.24) is 0 Å². The van der Waals surface area contributed by atoms with Crippen LogP contribution in [0.2, 0.25) is 0 Å². The largest absolute Gasteiger partial charge is 0.490 e. The minimum absolute atomic E-state index is 0.0531. The van der Waals surface area contributed by atoms with Gasteiger partial charge in [-0.2, -0.15) is 26.3 Å². The Morgan fingerprint density at radius 1 is 0.833 bits per heavy atom. The summed E-state index contributed by atoms with van der Waals surface area (Å²) in [6.07, 6.45) is -10.2. The monoisotopic (exact) mass is 607 g/mol. The number of nitrogen functional groups attached to an aromatic ring is 2. The maximum atomic E-state index is 12.7. The summed E-state index contributed by atoms with van der Waals surface area (Å²) in [6.45, 7) is 3.74. The minimum Gasteiger partial charge on any atom is -0.475 e. The molecular formula is C25H27F6N5O6. The second kappa shape index (κ2) is 15.8. The molecule has 0 aromatic heterocycles. The average Bonchev–Trinajstić information content (AvgIpc) is 2.88. The fourth-order valence-electron chi connectivity index (χ4n) is 2.83. The Bertz CT molecular complexity index is 1300. The summed E-state index contributed by atoms with van der Waals surface area (Å²) in [5, 5.41) is 29.4. The van der Waals surface area contributed by atoms with Gasteiger partial charge in [-0.1, -0.05) is 42.5 Å². The van der Waals surface area contributed by atoms with Crippen molar-refractivity contribution in [3.63, 3.8) is 0 Å². The van der Waals surface area contributed by atoms with Crippen molar-refractivity contribution in [2.75, 3.05) is 6.61 Å². The Morgan fingerprint density at radius 2 is 1.24 bits per heavy atom. The van der Waals surface area contributed by atoms with Crippen LogP contribution in [0.15, 0.2) is 54.1 Å². The van der Waals surface area contributed by atoms with Gasteiger partial charge in [0, 0.05) is 11.1 Å². The van der Waals surface area contributed by atoms with Gasteiger partial charge >= 0.3 is 30.3 Å². The molecular weight excluding hydrogens is 580 g/mol. The van der Waals surface area contributed by atoms with Crippen LogP contribution in [-0.4, -0.2) is 58.8 Å². The maximum absolute atomic E-state index is 12.7. The van der Waals surface area contributed by atoms with E-state index in [4.69, 9.17) is 52.6 Å². The number of nitrogens with one attached hydrogen (secondary N) is 2. The number of alkyl halides is 6. The van der Waals surface area contributed by atoms with Gasteiger partial charge in [0.2, 0.25) is 0 Å². The fraction of sp³-hybridized carbons (Fsp3) is 0.240. The molecule has 17 heteroatoms. The van der Waals surface area contributed by atoms with Crippen LogP contribution >= 0.6 is 0 Å². The average molecular weight is 608 g/mol. The molecule has 0 aliphatic carbocycles. The predicted molar refractivity (Wildman–Crippen MR) is 138 cm³/mol. The first-order valence-corrected chi connectivity index (χ1v) is 11.3. The lowest BCUT2D eigenvalue weighted by atomic mass is 9.91. The molecule has 0 saturated carbocycles. The van der Waals surface area contributed by atoms with E-state index < -0.39 is 36.3 Å². The summed E-state index contributed by atoms with van der Waals surface area (Å²) in [7, 11) is 0. The van der Waals surface area contributed by atoms with Gasteiger partial charge in [-0.05, 0) is 36.6 Å². The number of rotatable bonds is 7. The van der Waals surface area contributed by atoms with E-state index in [9.17, 15) is 31.1 Å². The first-order chi connectivity index (χ1) is 19.1. The third kappa shape index (κ3) is 12.1. The lowest BCUT2D eigenvalue weighted by Crippen LogP contribution is -2.21. The van der Waals surface area contributed by atoms with Crippen molar-refractivity contribution in [2.24, 2.45) is 17.2 Å². The van der Waals surface area contributed by atoms with E-state index in [1.807, 2.05) is 6.07 Å². The Balaban J connectivity index is 0.000000990. The highest BCUT2D eigenvalue weighted by Gasteiger charge is 2.38. The molecule has 0 bridgehead atoms. The molecule has 1 unspecified atom stereocenters. The van der Waals surface area contributed by atoms with Gasteiger partial charge < -0.3 is 32.2 Å². The number of carbonyl (C=O) groups is 3. The van der Waals surface area contributed by atoms with Crippen LogP contribution in [0.25, 0.3) is 5.57 Å². The molecule has 0 heterocycles. The number of carboxylic acid groups (broad SMARTS) is 2. The molecule has 230 valence electrons. The maximum Gasteiger partial charge on any atom is 0.490 e. The number of hydrogen-bond acceptors (Lipinski definition) is 7. The molecule has 11 nitrogen and oxygen atoms in total. The molecule has 0 aliphatic heterocycles. The summed E-state index contributed by atoms with van der Waals surface area (Å²) in [4.78, 5) is 30.4. The third-order valence-electron chi connectivity index (χ3n) is 4.87. The summed E-state index contributed by atoms with van der Waals surface area (Å²) >= 11 is 0. The Kier molecular flexibility index (Phi) is 13.9. The molecule has 0 fully saturated rings. The van der Waals surface area contributed by atoms with Gasteiger partial charge in [0.25, 0.3) is 0 Å². The standard InChI is InChI=1S/C21H25N5O2.2C2HF3O2/c1-3-28-21(27)17(13-7-9-14(10-8-13)19(23)24)12(2)18(22)15-5-4-6-16(11-15)20(25)26;2*3-2(4,5)1(6)7/h4-11,18H,3,22H2,1-2H3,(H3,23,24)(H3,25,26);2*(H,6,7). The van der Waals surface area contributed by atoms with Crippen molar-refractivity contribution in [3.05, 3.63) is 76.4 Å². The van der Waals surface area contributed by atoms with Gasteiger partial charge in [0.05, 0.1) is 18.2 Å². The van der Waals surface area contributed by atoms with E-state index in [0.717, 1.165) is 5.56 Å². The number of esters is 1. The second-order valence-electron chi connectivity index (χ2n) is 7.89. The minimum atomic E-state index is -5.08. The summed E-state index contributed by atoms with van der Waals surface area (Å²) in [6, 6.07) is 13.2. The smallest absolute Gasteiger partial charge is 0.475 e. The zero-order valence-electron chi connectivity index (χ0n) is 21.9. The van der Waals surface area contributed by atoms with Crippen LogP contribution in [0.5, 0.6) is 0 Å². The van der Waals surface area contributed by atoms with Crippen LogP contribution in [0, 0.1) is 10.8 Å². The molecule has 0 spiro atoms. The number of nitrogens with two attached hydrogens (primary N) is 3. The number of benzene rings is 2. The van der Waals surface area contributed by atoms with E-state index >= 15 is 0 Å². The SMILES string of the molecule is CCOC(=O)C(=C(C)C(N)c1cccc(C(=N)N)c1)c1ccc(C(=N)N)cc1.O=C(O)C(F)(F)F.O=C(O)C(F)(F)F. The molecule has 0 aliphatic rings. The van der Waals surface area contributed by atoms with Crippen LogP contribution < -0.4 is 17.2 Å². The summed E-state index contributed by atoms with van der Waals surface area (Å²) < 4.78 is 68.7. The first-order valence-electron chi connectivity index (χ1n) is 11.3. The van der Waals surface area contributed by atoms with E-state index in [0.29, 0.717) is 27.8 Å². The Hall–Kier alpha value is -4.93. The highest BCUT2D eigenvalue weighted by Crippen LogP contribution is 2.29. The number of hydrogen-bond donors (Lipinski definition) is 7. The zero-order chi connectivity index (χ0) is 33.0. The molecule has 0 saturated heterocycles. The van der Waals surface area contributed by atoms with Crippen molar-refractivity contribution in [1.29, 1.82) is 10.8 Å². The van der Waals surface area contributed by atoms with Crippen LogP contribution in [0.4, 0.5) is 26.3 Å². The van der Waals surface area contributed by atoms with Gasteiger partial charge in [0.15, 0.2) is 0 Å². The lowest BCUT2D eigenvalue weighted by Gasteiger charge is -2.19. The van der Waals surface area contributed by atoms with Gasteiger partial charge in [-0.25, -0.2) is 14.4 Å². The predicted octanol–water partition coefficient (Wildman–Crippen LogP) is 3.56. The highest BCUT2D eigenvalue weighted by atomic mass is 19.4. The molecule has 0 amide bonds. The number of carbonyl (C=O) groups excluding carboxylic acids is 1. The quantitative estimate of drug-likeness (QED) is 0.0801. The molecule has 10 N–H and O–H groups in total. The van der Waals surface area contributed by atoms with E-state index in [-0.39, 0.29) is 18.3 Å². The number of aliphatic carboxylic acids is 2. The highest BCUT2D eigenvalue weighted by molar-refractivity contribution is 6.17. The van der Waals surface area contributed by atoms with Gasteiger partial charge in [-0.3, -0.25) is 10.8 Å². The zero-order valence-corrected chi connectivity index (χ0v) is 21.9. The van der Waals surface area contributed by atoms with Crippen LogP contribution in [0.1, 0.15) is 42.1 Å². The van der Waals surface area contributed by atoms with Gasteiger partial charge in [-0.15, -0.1) is 0 Å². The van der Waals surface area contributed by atoms with Crippen LogP contribution in [0.3, 0.4) is 0 Å². The van der Waals surface area contributed by atoms with E-state index in [1.165, 1.54) is 0 Å². The summed E-state index contributed by atoms with van der Waals surface area (Å²) in [5.74, 6) is -6.10. The molecule has 2 aromatic rings.